The lowest BCUT2D eigenvalue weighted by Gasteiger charge is -2.13. The second-order valence-corrected chi connectivity index (χ2v) is 7.47. The molecule has 1 aromatic carbocycles. The van der Waals surface area contributed by atoms with Crippen molar-refractivity contribution in [2.24, 2.45) is 0 Å². The Hall–Kier alpha value is -3.44. The van der Waals surface area contributed by atoms with E-state index in [1.165, 1.54) is 32.6 Å². The van der Waals surface area contributed by atoms with Crippen LogP contribution in [0.4, 0.5) is 13.2 Å². The Labute approximate surface area is 190 Å². The summed E-state index contributed by atoms with van der Waals surface area (Å²) in [6.45, 7) is 1.01. The molecule has 172 valence electrons. The number of aliphatic hydroxyl groups is 1. The van der Waals surface area contributed by atoms with E-state index in [1.807, 2.05) is 0 Å². The molecule has 0 radical (unpaired) electrons. The average Bonchev–Trinajstić information content (AvgIpc) is 3.38. The second kappa shape index (κ2) is 8.83. The predicted molar refractivity (Wildman–Crippen MR) is 112 cm³/mol. The average molecular weight is 480 g/mol. The summed E-state index contributed by atoms with van der Waals surface area (Å²) in [4.78, 5) is 8.05. The van der Waals surface area contributed by atoms with Crippen molar-refractivity contribution in [2.75, 3.05) is 7.11 Å². The Morgan fingerprint density at radius 3 is 2.67 bits per heavy atom. The lowest BCUT2D eigenvalue weighted by Crippen LogP contribution is -2.20. The Bertz CT molecular complexity index is 1270. The van der Waals surface area contributed by atoms with Crippen LogP contribution >= 0.6 is 11.6 Å². The van der Waals surface area contributed by atoms with Crippen LogP contribution in [-0.4, -0.2) is 43.2 Å². The summed E-state index contributed by atoms with van der Waals surface area (Å²) >= 11 is 6.46. The quantitative estimate of drug-likeness (QED) is 0.427. The molecular formula is C21H17ClF3N5O3. The van der Waals surface area contributed by atoms with E-state index in [1.54, 1.807) is 18.2 Å². The van der Waals surface area contributed by atoms with Gasteiger partial charge in [-0.15, -0.1) is 0 Å². The molecule has 0 aliphatic carbocycles. The molecule has 0 unspecified atom stereocenters. The fourth-order valence-electron chi connectivity index (χ4n) is 3.42. The molecular weight excluding hydrogens is 463 g/mol. The number of hydrogen-bond donors (Lipinski definition) is 1. The van der Waals surface area contributed by atoms with Crippen molar-refractivity contribution in [1.82, 2.24) is 24.9 Å². The second-order valence-electron chi connectivity index (χ2n) is 7.09. The minimum Gasteiger partial charge on any atom is -0.495 e. The smallest absolute Gasteiger partial charge is 0.433 e. The van der Waals surface area contributed by atoms with Crippen molar-refractivity contribution < 1.29 is 27.5 Å². The molecule has 0 fully saturated rings. The van der Waals surface area contributed by atoms with Crippen molar-refractivity contribution in [2.45, 2.75) is 25.7 Å². The Morgan fingerprint density at radius 1 is 1.24 bits per heavy atom. The maximum atomic E-state index is 14.0. The van der Waals surface area contributed by atoms with Gasteiger partial charge in [-0.1, -0.05) is 28.9 Å². The number of nitrogens with zero attached hydrogens (tertiary/aromatic N) is 5. The summed E-state index contributed by atoms with van der Waals surface area (Å²) in [6, 6.07) is 6.46. The van der Waals surface area contributed by atoms with Crippen LogP contribution in [0.5, 0.6) is 5.75 Å². The molecule has 3 aromatic heterocycles. The van der Waals surface area contributed by atoms with Gasteiger partial charge in [0.1, 0.15) is 17.8 Å². The van der Waals surface area contributed by atoms with Crippen LogP contribution in [0.15, 0.2) is 47.5 Å². The van der Waals surface area contributed by atoms with Gasteiger partial charge in [0.25, 0.3) is 0 Å². The van der Waals surface area contributed by atoms with Crippen molar-refractivity contribution in [3.8, 4) is 39.6 Å². The molecule has 0 saturated heterocycles. The third kappa shape index (κ3) is 4.29. The standard InChI is InChI=1S/C21H17ClF3N5O3/c1-11(31)9-30-20(21(23,24)25)13(8-28-30)19-16(14-6-7-26-10-27-14)18(29-33-19)12-4-3-5-15(32-2)17(12)22/h3-8,10-11,31H,9H2,1-2H3/t11-/m1/s1. The summed E-state index contributed by atoms with van der Waals surface area (Å²) in [6.07, 6.45) is -2.12. The molecule has 0 saturated carbocycles. The van der Waals surface area contributed by atoms with Crippen LogP contribution in [-0.2, 0) is 12.7 Å². The highest BCUT2D eigenvalue weighted by molar-refractivity contribution is 6.35. The van der Waals surface area contributed by atoms with Crippen LogP contribution in [0.2, 0.25) is 5.02 Å². The Balaban J connectivity index is 2.00. The van der Waals surface area contributed by atoms with E-state index >= 15 is 0 Å². The zero-order valence-electron chi connectivity index (χ0n) is 17.3. The first-order chi connectivity index (χ1) is 15.7. The Kier molecular flexibility index (Phi) is 6.09. The maximum absolute atomic E-state index is 14.0. The molecule has 0 bridgehead atoms. The van der Waals surface area contributed by atoms with E-state index in [-0.39, 0.29) is 39.8 Å². The number of benzene rings is 1. The zero-order valence-corrected chi connectivity index (χ0v) is 18.1. The van der Waals surface area contributed by atoms with Gasteiger partial charge >= 0.3 is 6.18 Å². The van der Waals surface area contributed by atoms with Crippen molar-refractivity contribution >= 4 is 11.6 Å². The fourth-order valence-corrected chi connectivity index (χ4v) is 3.72. The lowest BCUT2D eigenvalue weighted by molar-refractivity contribution is -0.144. The number of methoxy groups -OCH3 is 1. The highest BCUT2D eigenvalue weighted by Gasteiger charge is 2.41. The summed E-state index contributed by atoms with van der Waals surface area (Å²) in [5, 5.41) is 17.7. The van der Waals surface area contributed by atoms with Crippen LogP contribution in [0.1, 0.15) is 12.6 Å². The lowest BCUT2D eigenvalue weighted by atomic mass is 9.99. The van der Waals surface area contributed by atoms with E-state index < -0.39 is 18.0 Å². The first-order valence-electron chi connectivity index (χ1n) is 9.62. The molecule has 3 heterocycles. The third-order valence-corrected chi connectivity index (χ3v) is 5.15. The van der Waals surface area contributed by atoms with E-state index in [0.717, 1.165) is 6.20 Å². The van der Waals surface area contributed by atoms with Crippen molar-refractivity contribution in [3.63, 3.8) is 0 Å². The van der Waals surface area contributed by atoms with Crippen LogP contribution in [0.3, 0.4) is 0 Å². The molecule has 4 aromatic rings. The molecule has 8 nitrogen and oxygen atoms in total. The number of aromatic nitrogens is 5. The number of alkyl halides is 3. The third-order valence-electron chi connectivity index (χ3n) is 4.76. The molecule has 0 aliphatic rings. The van der Waals surface area contributed by atoms with Gasteiger partial charge in [0.15, 0.2) is 11.5 Å². The van der Waals surface area contributed by atoms with Gasteiger partial charge in [-0.25, -0.2) is 9.97 Å². The van der Waals surface area contributed by atoms with Gasteiger partial charge in [-0.3, -0.25) is 4.68 Å². The van der Waals surface area contributed by atoms with E-state index in [4.69, 9.17) is 20.9 Å². The number of ether oxygens (including phenoxy) is 1. The summed E-state index contributed by atoms with van der Waals surface area (Å²) < 4.78 is 53.5. The van der Waals surface area contributed by atoms with Gasteiger partial charge in [0.05, 0.1) is 47.8 Å². The van der Waals surface area contributed by atoms with Gasteiger partial charge in [-0.2, -0.15) is 18.3 Å². The minimum atomic E-state index is -4.79. The number of rotatable bonds is 6. The van der Waals surface area contributed by atoms with Gasteiger partial charge < -0.3 is 14.4 Å². The largest absolute Gasteiger partial charge is 0.495 e. The van der Waals surface area contributed by atoms with Crippen LogP contribution in [0, 0.1) is 0 Å². The van der Waals surface area contributed by atoms with Gasteiger partial charge in [-0.05, 0) is 19.1 Å². The normalized spacial score (nSPS) is 12.7. The van der Waals surface area contributed by atoms with Crippen LogP contribution in [0.25, 0.3) is 33.8 Å². The Morgan fingerprint density at radius 2 is 2.03 bits per heavy atom. The molecule has 12 heteroatoms. The van der Waals surface area contributed by atoms with Crippen molar-refractivity contribution in [3.05, 3.63) is 53.7 Å². The SMILES string of the molecule is COc1cccc(-c2noc(-c3cnn(C[C@@H](C)O)c3C(F)(F)F)c2-c2ccncn2)c1Cl. The van der Waals surface area contributed by atoms with E-state index in [2.05, 4.69) is 20.2 Å². The molecule has 1 N–H and O–H groups in total. The highest BCUT2D eigenvalue weighted by Crippen LogP contribution is 2.46. The molecule has 1 atom stereocenters. The van der Waals surface area contributed by atoms with Crippen LogP contribution < -0.4 is 4.74 Å². The number of hydrogen-bond acceptors (Lipinski definition) is 7. The van der Waals surface area contributed by atoms with Gasteiger partial charge in [0, 0.05) is 11.8 Å². The summed E-state index contributed by atoms with van der Waals surface area (Å²) in [5.74, 6) is 0.153. The van der Waals surface area contributed by atoms with Crippen molar-refractivity contribution in [1.29, 1.82) is 0 Å². The fraction of sp³-hybridized carbons (Fsp3) is 0.238. The number of halogens is 4. The van der Waals surface area contributed by atoms with Gasteiger partial charge in [0.2, 0.25) is 0 Å². The molecule has 0 spiro atoms. The molecule has 0 aliphatic heterocycles. The molecule has 33 heavy (non-hydrogen) atoms. The zero-order chi connectivity index (χ0) is 23.8. The summed E-state index contributed by atoms with van der Waals surface area (Å²) in [5.41, 5.74) is -0.442. The molecule has 4 rings (SSSR count). The highest BCUT2D eigenvalue weighted by atomic mass is 35.5. The first kappa shape index (κ1) is 22.7. The maximum Gasteiger partial charge on any atom is 0.433 e. The van der Waals surface area contributed by atoms with E-state index in [0.29, 0.717) is 16.0 Å². The first-order valence-corrected chi connectivity index (χ1v) is 10.0. The monoisotopic (exact) mass is 479 g/mol. The topological polar surface area (TPSA) is 99.1 Å². The number of aliphatic hydroxyl groups excluding tert-OH is 1. The molecule has 0 amide bonds. The van der Waals surface area contributed by atoms with E-state index in [9.17, 15) is 18.3 Å². The summed E-state index contributed by atoms with van der Waals surface area (Å²) in [7, 11) is 1.44. The predicted octanol–water partition coefficient (Wildman–Crippen LogP) is 4.72. The minimum absolute atomic E-state index is 0.170.